The molecule has 1 saturated carbocycles. The van der Waals surface area contributed by atoms with Gasteiger partial charge in [-0.25, -0.2) is 0 Å². The summed E-state index contributed by atoms with van der Waals surface area (Å²) >= 11 is 0. The molecular formula is C15H21NO3. The number of phenolic OH excluding ortho intramolecular Hbond substituents is 1. The first-order chi connectivity index (χ1) is 8.96. The Bertz CT molecular complexity index is 456. The molecule has 1 amide bonds. The second-order valence-corrected chi connectivity index (χ2v) is 5.93. The highest BCUT2D eigenvalue weighted by atomic mass is 16.5. The number of hydrogen-bond acceptors (Lipinski definition) is 3. The molecule has 4 heteroatoms. The first kappa shape index (κ1) is 13.7. The topological polar surface area (TPSA) is 58.6 Å². The summed E-state index contributed by atoms with van der Waals surface area (Å²) in [7, 11) is 0. The summed E-state index contributed by atoms with van der Waals surface area (Å²) in [6, 6.07) is 6.89. The van der Waals surface area contributed by atoms with Crippen molar-refractivity contribution < 1.29 is 14.6 Å². The van der Waals surface area contributed by atoms with E-state index in [1.165, 1.54) is 6.07 Å². The van der Waals surface area contributed by atoms with Crippen LogP contribution in [0, 0.1) is 5.41 Å². The zero-order valence-electron chi connectivity index (χ0n) is 11.5. The van der Waals surface area contributed by atoms with E-state index in [0.29, 0.717) is 11.2 Å². The van der Waals surface area contributed by atoms with Gasteiger partial charge in [0.1, 0.15) is 0 Å². The zero-order valence-corrected chi connectivity index (χ0v) is 11.5. The molecule has 4 nitrogen and oxygen atoms in total. The number of phenols is 1. The monoisotopic (exact) mass is 263 g/mol. The molecule has 0 saturated heterocycles. The first-order valence-corrected chi connectivity index (χ1v) is 6.66. The van der Waals surface area contributed by atoms with E-state index in [4.69, 9.17) is 4.74 Å². The van der Waals surface area contributed by atoms with E-state index < -0.39 is 0 Å². The van der Waals surface area contributed by atoms with Crippen LogP contribution in [0.15, 0.2) is 24.3 Å². The van der Waals surface area contributed by atoms with Crippen LogP contribution >= 0.6 is 0 Å². The van der Waals surface area contributed by atoms with Crippen LogP contribution in [0.4, 0.5) is 0 Å². The molecule has 1 aliphatic carbocycles. The molecule has 1 atom stereocenters. The fraction of sp³-hybridized carbons (Fsp3) is 0.533. The van der Waals surface area contributed by atoms with Gasteiger partial charge in [-0.2, -0.15) is 0 Å². The number of carbonyl (C=O) groups is 1. The van der Waals surface area contributed by atoms with Crippen LogP contribution in [0.1, 0.15) is 33.1 Å². The van der Waals surface area contributed by atoms with Crippen LogP contribution in [0.25, 0.3) is 0 Å². The summed E-state index contributed by atoms with van der Waals surface area (Å²) in [5, 5.41) is 12.5. The summed E-state index contributed by atoms with van der Waals surface area (Å²) in [6.07, 6.45) is 3.17. The van der Waals surface area contributed by atoms with Crippen LogP contribution < -0.4 is 10.1 Å². The number of hydrogen-bond donors (Lipinski definition) is 2. The molecule has 0 spiro atoms. The predicted octanol–water partition coefficient (Wildman–Crippen LogP) is 2.47. The highest BCUT2D eigenvalue weighted by Gasteiger charge is 2.31. The van der Waals surface area contributed by atoms with Gasteiger partial charge >= 0.3 is 0 Å². The maximum atomic E-state index is 11.8. The fourth-order valence-corrected chi connectivity index (χ4v) is 2.55. The highest BCUT2D eigenvalue weighted by Crippen LogP contribution is 2.36. The third kappa shape index (κ3) is 3.88. The Morgan fingerprint density at radius 3 is 2.84 bits per heavy atom. The Morgan fingerprint density at radius 2 is 2.21 bits per heavy atom. The minimum atomic E-state index is -0.133. The van der Waals surface area contributed by atoms with E-state index in [0.717, 1.165) is 19.3 Å². The molecule has 1 aromatic rings. The number of amides is 1. The Hall–Kier alpha value is -1.71. The number of rotatable bonds is 4. The van der Waals surface area contributed by atoms with Crippen molar-refractivity contribution in [1.29, 1.82) is 0 Å². The molecule has 2 N–H and O–H groups in total. The van der Waals surface area contributed by atoms with Gasteiger partial charge in [-0.1, -0.05) is 26.0 Å². The molecule has 0 aliphatic heterocycles. The second-order valence-electron chi connectivity index (χ2n) is 5.93. The van der Waals surface area contributed by atoms with Crippen molar-refractivity contribution in [3.8, 4) is 11.5 Å². The minimum Gasteiger partial charge on any atom is -0.504 e. The van der Waals surface area contributed by atoms with Crippen molar-refractivity contribution in [3.05, 3.63) is 24.3 Å². The molecule has 1 fully saturated rings. The lowest BCUT2D eigenvalue weighted by Gasteiger charge is -2.18. The number of benzene rings is 1. The number of nitrogens with one attached hydrogen (secondary N) is 1. The van der Waals surface area contributed by atoms with Gasteiger partial charge in [0.25, 0.3) is 5.91 Å². The van der Waals surface area contributed by atoms with Gasteiger partial charge in [-0.15, -0.1) is 0 Å². The largest absolute Gasteiger partial charge is 0.504 e. The van der Waals surface area contributed by atoms with Gasteiger partial charge in [-0.05, 0) is 36.8 Å². The van der Waals surface area contributed by atoms with Gasteiger partial charge in [0.05, 0.1) is 0 Å². The minimum absolute atomic E-state index is 0.0531. The molecule has 19 heavy (non-hydrogen) atoms. The van der Waals surface area contributed by atoms with Crippen molar-refractivity contribution >= 4 is 5.91 Å². The van der Waals surface area contributed by atoms with Crippen molar-refractivity contribution in [2.45, 2.75) is 39.2 Å². The summed E-state index contributed by atoms with van der Waals surface area (Å²) in [4.78, 5) is 11.8. The van der Waals surface area contributed by atoms with Crippen LogP contribution in [-0.2, 0) is 4.79 Å². The van der Waals surface area contributed by atoms with Gasteiger partial charge in [0.15, 0.2) is 18.1 Å². The molecule has 104 valence electrons. The quantitative estimate of drug-likeness (QED) is 0.877. The SMILES string of the molecule is CC1(C)CCC(NC(=O)COc2ccccc2O)C1. The molecular weight excluding hydrogens is 242 g/mol. The van der Waals surface area contributed by atoms with Crippen molar-refractivity contribution in [1.82, 2.24) is 5.32 Å². The molecule has 0 bridgehead atoms. The third-order valence-electron chi connectivity index (χ3n) is 3.56. The summed E-state index contributed by atoms with van der Waals surface area (Å²) < 4.78 is 5.30. The van der Waals surface area contributed by atoms with Gasteiger partial charge < -0.3 is 15.2 Å². The zero-order chi connectivity index (χ0) is 13.9. The molecule has 2 rings (SSSR count). The lowest BCUT2D eigenvalue weighted by atomic mass is 9.92. The van der Waals surface area contributed by atoms with Crippen LogP contribution in [0.3, 0.4) is 0 Å². The maximum absolute atomic E-state index is 11.8. The summed E-state index contributed by atoms with van der Waals surface area (Å²) in [6.45, 7) is 4.38. The summed E-state index contributed by atoms with van der Waals surface area (Å²) in [5.41, 5.74) is 0.316. The van der Waals surface area contributed by atoms with E-state index in [2.05, 4.69) is 19.2 Å². The lowest BCUT2D eigenvalue weighted by molar-refractivity contribution is -0.123. The van der Waals surface area contributed by atoms with Crippen LogP contribution in [-0.4, -0.2) is 23.7 Å². The van der Waals surface area contributed by atoms with Crippen LogP contribution in [0.5, 0.6) is 11.5 Å². The Morgan fingerprint density at radius 1 is 1.47 bits per heavy atom. The van der Waals surface area contributed by atoms with E-state index in [-0.39, 0.29) is 24.3 Å². The van der Waals surface area contributed by atoms with E-state index in [1.54, 1.807) is 18.2 Å². The standard InChI is InChI=1S/C15H21NO3/c1-15(2)8-7-11(9-15)16-14(18)10-19-13-6-4-3-5-12(13)17/h3-6,11,17H,7-10H2,1-2H3,(H,16,18). The lowest BCUT2D eigenvalue weighted by Crippen LogP contribution is -2.36. The average Bonchev–Trinajstić information content (AvgIpc) is 2.67. The normalized spacial score (nSPS) is 21.1. The molecule has 1 aromatic carbocycles. The van der Waals surface area contributed by atoms with Crippen LogP contribution in [0.2, 0.25) is 0 Å². The molecule has 1 unspecified atom stereocenters. The van der Waals surface area contributed by atoms with Gasteiger partial charge in [0.2, 0.25) is 0 Å². The smallest absolute Gasteiger partial charge is 0.258 e. The van der Waals surface area contributed by atoms with Crippen molar-refractivity contribution in [2.24, 2.45) is 5.41 Å². The van der Waals surface area contributed by atoms with Gasteiger partial charge in [0, 0.05) is 6.04 Å². The summed E-state index contributed by atoms with van der Waals surface area (Å²) in [5.74, 6) is 0.257. The Labute approximate surface area is 113 Å². The highest BCUT2D eigenvalue weighted by molar-refractivity contribution is 5.78. The maximum Gasteiger partial charge on any atom is 0.258 e. The van der Waals surface area contributed by atoms with E-state index in [9.17, 15) is 9.90 Å². The molecule has 0 heterocycles. The number of carbonyl (C=O) groups excluding carboxylic acids is 1. The van der Waals surface area contributed by atoms with Gasteiger partial charge in [-0.3, -0.25) is 4.79 Å². The third-order valence-corrected chi connectivity index (χ3v) is 3.56. The van der Waals surface area contributed by atoms with Crippen molar-refractivity contribution in [3.63, 3.8) is 0 Å². The molecule has 0 radical (unpaired) electrons. The van der Waals surface area contributed by atoms with E-state index in [1.807, 2.05) is 0 Å². The fourth-order valence-electron chi connectivity index (χ4n) is 2.55. The van der Waals surface area contributed by atoms with E-state index >= 15 is 0 Å². The molecule has 1 aliphatic rings. The first-order valence-electron chi connectivity index (χ1n) is 6.66. The number of aromatic hydroxyl groups is 1. The Kier molecular flexibility index (Phi) is 3.98. The Balaban J connectivity index is 1.78. The predicted molar refractivity (Wildman–Crippen MR) is 73.2 cm³/mol. The number of para-hydroxylation sites is 2. The van der Waals surface area contributed by atoms with Crippen molar-refractivity contribution in [2.75, 3.05) is 6.61 Å². The average molecular weight is 263 g/mol. The second kappa shape index (κ2) is 5.51. The molecule has 0 aromatic heterocycles. The number of ether oxygens (including phenoxy) is 1.